The molecule has 9 nitrogen and oxygen atoms in total. The van der Waals surface area contributed by atoms with Gasteiger partial charge in [0.05, 0.1) is 17.9 Å². The van der Waals surface area contributed by atoms with Gasteiger partial charge in [-0.2, -0.15) is 0 Å². The molecule has 1 aromatic heterocycles. The topological polar surface area (TPSA) is 133 Å². The quantitative estimate of drug-likeness (QED) is 0.601. The second kappa shape index (κ2) is 7.90. The Bertz CT molecular complexity index is 937. The van der Waals surface area contributed by atoms with Crippen molar-refractivity contribution in [3.05, 3.63) is 53.9 Å². The van der Waals surface area contributed by atoms with Crippen molar-refractivity contribution in [1.29, 1.82) is 0 Å². The molecule has 0 spiro atoms. The fourth-order valence-electron chi connectivity index (χ4n) is 3.60. The van der Waals surface area contributed by atoms with E-state index in [0.717, 1.165) is 12.8 Å². The van der Waals surface area contributed by atoms with Gasteiger partial charge in [-0.15, -0.1) is 4.40 Å². The molecule has 29 heavy (non-hydrogen) atoms. The van der Waals surface area contributed by atoms with Crippen LogP contribution in [0.5, 0.6) is 5.75 Å². The molecule has 1 saturated heterocycles. The van der Waals surface area contributed by atoms with E-state index in [1.807, 2.05) is 4.90 Å². The SMILES string of the molecule is NC1=NS(O)(O)Nc2cccc(OC[C@H]3CCCN(C(=O)c4ccccn4)C3)c21. The maximum atomic E-state index is 12.7. The Morgan fingerprint density at radius 3 is 2.97 bits per heavy atom. The first-order valence-electron chi connectivity index (χ1n) is 9.31. The molecule has 1 aromatic carbocycles. The van der Waals surface area contributed by atoms with Crippen molar-refractivity contribution in [2.75, 3.05) is 24.4 Å². The highest BCUT2D eigenvalue weighted by molar-refractivity contribution is 8.24. The van der Waals surface area contributed by atoms with Crippen LogP contribution in [0, 0.1) is 5.92 Å². The summed E-state index contributed by atoms with van der Waals surface area (Å²) in [5, 5.41) is 0. The molecule has 0 saturated carbocycles. The third kappa shape index (κ3) is 4.29. The van der Waals surface area contributed by atoms with E-state index in [1.54, 1.807) is 42.6 Å². The normalized spacial score (nSPS) is 21.4. The highest BCUT2D eigenvalue weighted by Gasteiger charge is 2.28. The van der Waals surface area contributed by atoms with Gasteiger partial charge in [0.1, 0.15) is 11.4 Å². The molecule has 1 fully saturated rings. The van der Waals surface area contributed by atoms with Crippen molar-refractivity contribution in [2.24, 2.45) is 16.0 Å². The highest BCUT2D eigenvalue weighted by Crippen LogP contribution is 2.46. The van der Waals surface area contributed by atoms with Crippen LogP contribution in [0.25, 0.3) is 0 Å². The number of hydrogen-bond donors (Lipinski definition) is 4. The number of amides is 1. The maximum absolute atomic E-state index is 12.7. The number of nitrogens with zero attached hydrogens (tertiary/aromatic N) is 3. The predicted molar refractivity (Wildman–Crippen MR) is 112 cm³/mol. The lowest BCUT2D eigenvalue weighted by Gasteiger charge is -2.34. The molecule has 0 unspecified atom stereocenters. The van der Waals surface area contributed by atoms with Gasteiger partial charge < -0.3 is 15.4 Å². The Hall–Kier alpha value is -2.82. The van der Waals surface area contributed by atoms with Crippen LogP contribution < -0.4 is 15.2 Å². The molecule has 4 rings (SSSR count). The van der Waals surface area contributed by atoms with Crippen LogP contribution in [0.4, 0.5) is 5.69 Å². The molecule has 2 aliphatic rings. The largest absolute Gasteiger partial charge is 0.492 e. The van der Waals surface area contributed by atoms with Gasteiger partial charge in [-0.3, -0.25) is 23.6 Å². The fourth-order valence-corrected chi connectivity index (χ4v) is 4.47. The summed E-state index contributed by atoms with van der Waals surface area (Å²) in [6.45, 7) is 1.70. The number of ether oxygens (including phenoxy) is 1. The number of anilines is 1. The number of rotatable bonds is 4. The predicted octanol–water partition coefficient (Wildman–Crippen LogP) is 2.72. The van der Waals surface area contributed by atoms with Crippen molar-refractivity contribution in [3.8, 4) is 5.75 Å². The third-order valence-electron chi connectivity index (χ3n) is 4.92. The fraction of sp³-hybridized carbons (Fsp3) is 0.316. The molecule has 1 amide bonds. The maximum Gasteiger partial charge on any atom is 0.272 e. The number of likely N-dealkylation sites (tertiary alicyclic amines) is 1. The average molecular weight is 417 g/mol. The molecule has 1 atom stereocenters. The summed E-state index contributed by atoms with van der Waals surface area (Å²) in [5.74, 6) is 0.629. The van der Waals surface area contributed by atoms with E-state index in [0.29, 0.717) is 42.4 Å². The summed E-state index contributed by atoms with van der Waals surface area (Å²) in [6.07, 6.45) is 3.46. The van der Waals surface area contributed by atoms with Gasteiger partial charge in [0.2, 0.25) is 0 Å². The van der Waals surface area contributed by atoms with Gasteiger partial charge in [0.15, 0.2) is 5.84 Å². The Kier molecular flexibility index (Phi) is 5.31. The van der Waals surface area contributed by atoms with E-state index >= 15 is 0 Å². The Morgan fingerprint density at radius 1 is 1.31 bits per heavy atom. The molecule has 154 valence electrons. The number of benzene rings is 1. The van der Waals surface area contributed by atoms with Crippen LogP contribution in [0.15, 0.2) is 47.0 Å². The Balaban J connectivity index is 1.43. The molecular weight excluding hydrogens is 394 g/mol. The first-order valence-corrected chi connectivity index (χ1v) is 10.8. The minimum atomic E-state index is -3.33. The third-order valence-corrected chi connectivity index (χ3v) is 5.86. The minimum absolute atomic E-state index is 0.0185. The summed E-state index contributed by atoms with van der Waals surface area (Å²) in [4.78, 5) is 18.6. The Labute approximate surface area is 170 Å². The number of piperidine rings is 1. The number of carbonyl (C=O) groups is 1. The molecular formula is C19H23N5O4S. The van der Waals surface area contributed by atoms with Crippen molar-refractivity contribution in [2.45, 2.75) is 12.8 Å². The zero-order valence-corrected chi connectivity index (χ0v) is 16.5. The lowest BCUT2D eigenvalue weighted by atomic mass is 9.98. The highest BCUT2D eigenvalue weighted by atomic mass is 32.3. The summed E-state index contributed by atoms with van der Waals surface area (Å²) < 4.78 is 31.8. The molecule has 0 radical (unpaired) electrons. The van der Waals surface area contributed by atoms with Crippen molar-refractivity contribution in [1.82, 2.24) is 9.88 Å². The number of hydrogen-bond acceptors (Lipinski definition) is 8. The molecule has 0 aliphatic carbocycles. The number of fused-ring (bicyclic) bond motifs is 1. The van der Waals surface area contributed by atoms with Crippen LogP contribution in [0.1, 0.15) is 28.9 Å². The van der Waals surface area contributed by atoms with Crippen molar-refractivity contribution in [3.63, 3.8) is 0 Å². The van der Waals surface area contributed by atoms with Gasteiger partial charge in [0, 0.05) is 25.2 Å². The monoisotopic (exact) mass is 417 g/mol. The molecule has 5 N–H and O–H groups in total. The van der Waals surface area contributed by atoms with Crippen molar-refractivity contribution < 1.29 is 18.6 Å². The first-order chi connectivity index (χ1) is 13.9. The number of nitrogens with one attached hydrogen (secondary N) is 1. The van der Waals surface area contributed by atoms with E-state index < -0.39 is 11.0 Å². The summed E-state index contributed by atoms with van der Waals surface area (Å²) in [6, 6.07) is 10.5. The Morgan fingerprint density at radius 2 is 2.17 bits per heavy atom. The second-order valence-corrected chi connectivity index (χ2v) is 8.49. The number of pyridine rings is 1. The van der Waals surface area contributed by atoms with Gasteiger partial charge in [0.25, 0.3) is 5.91 Å². The molecule has 10 heteroatoms. The summed E-state index contributed by atoms with van der Waals surface area (Å²) in [5.41, 5.74) is 7.35. The van der Waals surface area contributed by atoms with Crippen LogP contribution in [0.3, 0.4) is 0 Å². The van der Waals surface area contributed by atoms with E-state index in [2.05, 4.69) is 14.1 Å². The van der Waals surface area contributed by atoms with Crippen LogP contribution in [-0.4, -0.2) is 50.4 Å². The first kappa shape index (κ1) is 19.5. The zero-order valence-electron chi connectivity index (χ0n) is 15.7. The lowest BCUT2D eigenvalue weighted by molar-refractivity contribution is 0.0627. The van der Waals surface area contributed by atoms with E-state index in [1.165, 1.54) is 0 Å². The zero-order chi connectivity index (χ0) is 20.4. The molecule has 2 aliphatic heterocycles. The standard InChI is InChI=1S/C19H23N5O4S/c20-18-17-14(22-29(26,27)23-18)7-3-8-16(17)28-12-13-5-4-10-24(11-13)19(25)15-6-1-2-9-21-15/h1-3,6-9,13,22,26-27H,4-5,10-12H2,(H2,20,23)/t13-/m0/s1. The molecule has 0 bridgehead atoms. The van der Waals surface area contributed by atoms with Gasteiger partial charge in [-0.25, -0.2) is 0 Å². The molecule has 3 heterocycles. The number of nitrogens with two attached hydrogens (primary N) is 1. The van der Waals surface area contributed by atoms with E-state index in [9.17, 15) is 13.9 Å². The van der Waals surface area contributed by atoms with Crippen LogP contribution in [-0.2, 0) is 0 Å². The van der Waals surface area contributed by atoms with E-state index in [4.69, 9.17) is 10.5 Å². The number of amidine groups is 1. The number of carbonyl (C=O) groups excluding carboxylic acids is 1. The van der Waals surface area contributed by atoms with Crippen molar-refractivity contribution >= 4 is 28.4 Å². The van der Waals surface area contributed by atoms with Gasteiger partial charge in [-0.05, 0) is 48.1 Å². The summed E-state index contributed by atoms with van der Waals surface area (Å²) >= 11 is 0. The minimum Gasteiger partial charge on any atom is -0.492 e. The van der Waals surface area contributed by atoms with Gasteiger partial charge in [-0.1, -0.05) is 12.1 Å². The smallest absolute Gasteiger partial charge is 0.272 e. The second-order valence-electron chi connectivity index (χ2n) is 7.06. The van der Waals surface area contributed by atoms with E-state index in [-0.39, 0.29) is 17.7 Å². The van der Waals surface area contributed by atoms with Crippen LogP contribution >= 0.6 is 11.0 Å². The average Bonchev–Trinajstić information content (AvgIpc) is 2.71. The number of aromatic nitrogens is 1. The lowest BCUT2D eigenvalue weighted by Crippen LogP contribution is -2.42. The van der Waals surface area contributed by atoms with Crippen LogP contribution in [0.2, 0.25) is 0 Å². The summed E-state index contributed by atoms with van der Waals surface area (Å²) in [7, 11) is -3.33. The molecule has 2 aromatic rings. The van der Waals surface area contributed by atoms with Gasteiger partial charge >= 0.3 is 0 Å².